The van der Waals surface area contributed by atoms with E-state index < -0.39 is 11.7 Å². The molecule has 0 spiro atoms. The first-order chi connectivity index (χ1) is 20.8. The van der Waals surface area contributed by atoms with Crippen LogP contribution in [0.5, 0.6) is 0 Å². The highest BCUT2D eigenvalue weighted by Crippen LogP contribution is 2.30. The molecule has 43 heavy (non-hydrogen) atoms. The second-order valence-corrected chi connectivity index (χ2v) is 11.4. The molecule has 3 aromatic carbocycles. The van der Waals surface area contributed by atoms with E-state index in [2.05, 4.69) is 10.2 Å². The molecule has 5 nitrogen and oxygen atoms in total. The van der Waals surface area contributed by atoms with Gasteiger partial charge >= 0.3 is 6.18 Å². The molecule has 3 heterocycles. The highest BCUT2D eigenvalue weighted by Gasteiger charge is 2.33. The third-order valence-electron chi connectivity index (χ3n) is 8.39. The molecule has 6 rings (SSSR count). The maximum absolute atomic E-state index is 14.2. The van der Waals surface area contributed by atoms with E-state index in [1.165, 1.54) is 25.0 Å². The lowest BCUT2D eigenvalue weighted by molar-refractivity contribution is -0.137. The van der Waals surface area contributed by atoms with Crippen molar-refractivity contribution < 1.29 is 18.0 Å². The third kappa shape index (κ3) is 6.91. The molecule has 8 heteroatoms. The van der Waals surface area contributed by atoms with Crippen molar-refractivity contribution >= 4 is 34.8 Å². The number of nitrogens with zero attached hydrogens (tertiary/aromatic N) is 3. The summed E-state index contributed by atoms with van der Waals surface area (Å²) in [5.74, 6) is 0.509. The van der Waals surface area contributed by atoms with Gasteiger partial charge in [-0.1, -0.05) is 60.7 Å². The number of carbonyl (C=O) groups excluding carboxylic acids is 1. The standard InChI is InChI=1S/C35H35F3N4O/c36-35(37,38)28-15-12-27(13-16-28)23-39-33-22-31(34(43)42-20-6-9-29(42)24-41-18-4-5-19-41)30-21-26(14-17-32(30)40-33)11-10-25-7-2-1-3-8-25/h1-3,7-8,10-17,21-22,29H,4-6,9,18-20,23-24H2,(H,39,40)/t29-/m0/s1. The van der Waals surface area contributed by atoms with Crippen molar-refractivity contribution in [3.63, 3.8) is 0 Å². The van der Waals surface area contributed by atoms with Gasteiger partial charge in [-0.05, 0) is 85.8 Å². The van der Waals surface area contributed by atoms with E-state index in [9.17, 15) is 18.0 Å². The van der Waals surface area contributed by atoms with Crippen LogP contribution in [0, 0.1) is 0 Å². The molecule has 0 aliphatic carbocycles. The SMILES string of the molecule is O=C(c1cc(NCc2ccc(C(F)(F)F)cc2)nc2ccc(C=Cc3ccccc3)cc12)N1CCC[C@H]1CN1CCCC1. The molecule has 1 N–H and O–H groups in total. The van der Waals surface area contributed by atoms with Crippen LogP contribution in [0.4, 0.5) is 19.0 Å². The Labute approximate surface area is 250 Å². The first-order valence-electron chi connectivity index (χ1n) is 14.9. The lowest BCUT2D eigenvalue weighted by Gasteiger charge is -2.29. The number of likely N-dealkylation sites (tertiary alicyclic amines) is 2. The van der Waals surface area contributed by atoms with Crippen molar-refractivity contribution in [2.75, 3.05) is 31.5 Å². The maximum Gasteiger partial charge on any atom is 0.416 e. The summed E-state index contributed by atoms with van der Waals surface area (Å²) in [5, 5.41) is 4.03. The molecule has 4 aromatic rings. The summed E-state index contributed by atoms with van der Waals surface area (Å²) >= 11 is 0. The van der Waals surface area contributed by atoms with Crippen molar-refractivity contribution in [3.05, 3.63) is 107 Å². The molecule has 1 atom stereocenters. The molecule has 2 fully saturated rings. The lowest BCUT2D eigenvalue weighted by Crippen LogP contribution is -2.42. The quantitative estimate of drug-likeness (QED) is 0.215. The molecule has 0 radical (unpaired) electrons. The van der Waals surface area contributed by atoms with Gasteiger partial charge in [0.15, 0.2) is 0 Å². The van der Waals surface area contributed by atoms with Crippen LogP contribution in [0.15, 0.2) is 78.9 Å². The smallest absolute Gasteiger partial charge is 0.366 e. The van der Waals surface area contributed by atoms with Gasteiger partial charge < -0.3 is 15.1 Å². The van der Waals surface area contributed by atoms with E-state index in [0.717, 1.165) is 67.7 Å². The number of pyridine rings is 1. The molecular formula is C35H35F3N4O. The Morgan fingerprint density at radius 1 is 0.884 bits per heavy atom. The Bertz CT molecular complexity index is 1600. The van der Waals surface area contributed by atoms with Crippen molar-refractivity contribution in [2.45, 2.75) is 44.4 Å². The van der Waals surface area contributed by atoms with Crippen LogP contribution >= 0.6 is 0 Å². The number of benzene rings is 3. The fourth-order valence-corrected chi connectivity index (χ4v) is 6.09. The van der Waals surface area contributed by atoms with Crippen LogP contribution in [0.1, 0.15) is 58.3 Å². The van der Waals surface area contributed by atoms with Gasteiger partial charge in [0, 0.05) is 31.1 Å². The fraction of sp³-hybridized carbons (Fsp3) is 0.314. The average Bonchev–Trinajstić information content (AvgIpc) is 3.71. The Kier molecular flexibility index (Phi) is 8.47. The van der Waals surface area contributed by atoms with Gasteiger partial charge in [-0.15, -0.1) is 0 Å². The topological polar surface area (TPSA) is 48.5 Å². The maximum atomic E-state index is 14.2. The first kappa shape index (κ1) is 28.9. The van der Waals surface area contributed by atoms with Gasteiger partial charge in [0.25, 0.3) is 5.91 Å². The number of rotatable bonds is 8. The Hall–Kier alpha value is -4.17. The van der Waals surface area contributed by atoms with E-state index in [1.54, 1.807) is 6.07 Å². The number of hydrogen-bond donors (Lipinski definition) is 1. The summed E-state index contributed by atoms with van der Waals surface area (Å²) in [6, 6.07) is 23.0. The summed E-state index contributed by atoms with van der Waals surface area (Å²) in [4.78, 5) is 23.5. The Morgan fingerprint density at radius 2 is 1.63 bits per heavy atom. The first-order valence-corrected chi connectivity index (χ1v) is 14.9. The minimum absolute atomic E-state index is 0.00383. The number of halogens is 3. The summed E-state index contributed by atoms with van der Waals surface area (Å²) in [5.41, 5.74) is 3.33. The number of carbonyl (C=O) groups is 1. The minimum atomic E-state index is -4.38. The summed E-state index contributed by atoms with van der Waals surface area (Å²) in [7, 11) is 0. The monoisotopic (exact) mass is 584 g/mol. The van der Waals surface area contributed by atoms with E-state index in [4.69, 9.17) is 4.98 Å². The predicted molar refractivity (Wildman–Crippen MR) is 166 cm³/mol. The molecule has 222 valence electrons. The zero-order valence-electron chi connectivity index (χ0n) is 24.0. The molecule has 0 bridgehead atoms. The summed E-state index contributed by atoms with van der Waals surface area (Å²) in [6.45, 7) is 4.09. The Balaban J connectivity index is 1.30. The highest BCUT2D eigenvalue weighted by atomic mass is 19.4. The van der Waals surface area contributed by atoms with E-state index in [0.29, 0.717) is 22.5 Å². The van der Waals surface area contributed by atoms with Crippen LogP contribution in [-0.2, 0) is 12.7 Å². The molecule has 2 aliphatic rings. The van der Waals surface area contributed by atoms with Crippen LogP contribution in [0.25, 0.3) is 23.1 Å². The fourth-order valence-electron chi connectivity index (χ4n) is 6.09. The van der Waals surface area contributed by atoms with Gasteiger partial charge in [0.1, 0.15) is 5.82 Å². The molecule has 1 aromatic heterocycles. The van der Waals surface area contributed by atoms with E-state index in [1.807, 2.05) is 65.6 Å². The Morgan fingerprint density at radius 3 is 2.37 bits per heavy atom. The van der Waals surface area contributed by atoms with Gasteiger partial charge in [-0.3, -0.25) is 4.79 Å². The van der Waals surface area contributed by atoms with Gasteiger partial charge in [0.2, 0.25) is 0 Å². The van der Waals surface area contributed by atoms with Crippen LogP contribution in [0.3, 0.4) is 0 Å². The van der Waals surface area contributed by atoms with Gasteiger partial charge in [0.05, 0.1) is 16.6 Å². The number of fused-ring (bicyclic) bond motifs is 1. The van der Waals surface area contributed by atoms with Crippen LogP contribution < -0.4 is 5.32 Å². The second kappa shape index (κ2) is 12.6. The number of hydrogen-bond acceptors (Lipinski definition) is 4. The van der Waals surface area contributed by atoms with Crippen molar-refractivity contribution in [1.29, 1.82) is 0 Å². The van der Waals surface area contributed by atoms with Crippen molar-refractivity contribution in [2.24, 2.45) is 0 Å². The van der Waals surface area contributed by atoms with Gasteiger partial charge in [-0.25, -0.2) is 4.98 Å². The normalized spacial score (nSPS) is 17.7. The zero-order chi connectivity index (χ0) is 29.8. The van der Waals surface area contributed by atoms with Crippen LogP contribution in [0.2, 0.25) is 0 Å². The number of amides is 1. The number of anilines is 1. The average molecular weight is 585 g/mol. The van der Waals surface area contributed by atoms with Crippen molar-refractivity contribution in [3.8, 4) is 0 Å². The summed E-state index contributed by atoms with van der Waals surface area (Å²) in [6.07, 6.45) is 4.10. The van der Waals surface area contributed by atoms with Crippen molar-refractivity contribution in [1.82, 2.24) is 14.8 Å². The molecule has 2 saturated heterocycles. The molecule has 0 unspecified atom stereocenters. The number of aromatic nitrogens is 1. The highest BCUT2D eigenvalue weighted by molar-refractivity contribution is 6.07. The summed E-state index contributed by atoms with van der Waals surface area (Å²) < 4.78 is 39.0. The largest absolute Gasteiger partial charge is 0.416 e. The number of alkyl halides is 3. The third-order valence-corrected chi connectivity index (χ3v) is 8.39. The second-order valence-electron chi connectivity index (χ2n) is 11.4. The lowest BCUT2D eigenvalue weighted by atomic mass is 10.0. The van der Waals surface area contributed by atoms with E-state index >= 15 is 0 Å². The van der Waals surface area contributed by atoms with Crippen LogP contribution in [-0.4, -0.2) is 52.9 Å². The number of nitrogens with one attached hydrogen (secondary N) is 1. The molecular weight excluding hydrogens is 549 g/mol. The molecule has 1 amide bonds. The molecule has 2 aliphatic heterocycles. The zero-order valence-corrected chi connectivity index (χ0v) is 24.0. The van der Waals surface area contributed by atoms with E-state index in [-0.39, 0.29) is 18.5 Å². The molecule has 0 saturated carbocycles. The van der Waals surface area contributed by atoms with Gasteiger partial charge in [-0.2, -0.15) is 13.2 Å². The minimum Gasteiger partial charge on any atom is -0.366 e. The predicted octanol–water partition coefficient (Wildman–Crippen LogP) is 7.74.